The topological polar surface area (TPSA) is 75.3 Å². The van der Waals surface area contributed by atoms with Crippen LogP contribution in [-0.4, -0.2) is 11.1 Å². The molecule has 110 valence electrons. The third-order valence-electron chi connectivity index (χ3n) is 3.28. The predicted molar refractivity (Wildman–Crippen MR) is 81.0 cm³/mol. The molecule has 2 aromatic carbocycles. The number of carboxylic acids is 1. The number of benzene rings is 2. The van der Waals surface area contributed by atoms with Crippen LogP contribution in [0, 0.1) is 19.7 Å². The number of nitrogens with two attached hydrogens (primary N) is 1. The van der Waals surface area contributed by atoms with Crippen LogP contribution < -0.4 is 11.1 Å². The second-order valence-electron chi connectivity index (χ2n) is 5.00. The quantitative estimate of drug-likeness (QED) is 0.754. The number of aryl methyl sites for hydroxylation is 2. The van der Waals surface area contributed by atoms with Crippen LogP contribution in [0.1, 0.15) is 27.0 Å². The van der Waals surface area contributed by atoms with Crippen LogP contribution in [0.4, 0.5) is 15.8 Å². The summed E-state index contributed by atoms with van der Waals surface area (Å²) in [6.45, 7) is 3.93. The van der Waals surface area contributed by atoms with Crippen LogP contribution in [0.5, 0.6) is 0 Å². The molecule has 2 aromatic rings. The van der Waals surface area contributed by atoms with E-state index in [0.29, 0.717) is 29.0 Å². The largest absolute Gasteiger partial charge is 0.478 e. The van der Waals surface area contributed by atoms with Crippen molar-refractivity contribution in [2.24, 2.45) is 0 Å². The van der Waals surface area contributed by atoms with Crippen LogP contribution in [0.2, 0.25) is 0 Å². The molecule has 0 heterocycles. The smallest absolute Gasteiger partial charge is 0.335 e. The fourth-order valence-corrected chi connectivity index (χ4v) is 2.19. The summed E-state index contributed by atoms with van der Waals surface area (Å²) >= 11 is 0. The zero-order valence-corrected chi connectivity index (χ0v) is 11.9. The molecule has 0 aliphatic rings. The van der Waals surface area contributed by atoms with Gasteiger partial charge in [-0.05, 0) is 48.7 Å². The van der Waals surface area contributed by atoms with Crippen LogP contribution >= 0.6 is 0 Å². The number of anilines is 2. The minimum absolute atomic E-state index is 0.145. The van der Waals surface area contributed by atoms with Gasteiger partial charge in [0.2, 0.25) is 0 Å². The summed E-state index contributed by atoms with van der Waals surface area (Å²) in [5, 5.41) is 12.0. The van der Waals surface area contributed by atoms with E-state index in [9.17, 15) is 9.18 Å². The Labute approximate surface area is 122 Å². The standard InChI is InChI=1S/C16H17FN2O2/c1-9-5-11(6-10(2)15(9)17)8-19-14-4-3-12(16(20)21)7-13(14)18/h3-7,19H,8,18H2,1-2H3,(H,20,21). The number of nitrogens with one attached hydrogen (secondary N) is 1. The average Bonchev–Trinajstić information content (AvgIpc) is 2.43. The summed E-state index contributed by atoms with van der Waals surface area (Å²) in [6, 6.07) is 8.07. The van der Waals surface area contributed by atoms with Gasteiger partial charge in [0.1, 0.15) is 5.82 Å². The maximum Gasteiger partial charge on any atom is 0.335 e. The van der Waals surface area contributed by atoms with Crippen LogP contribution in [0.25, 0.3) is 0 Å². The predicted octanol–water partition coefficient (Wildman–Crippen LogP) is 3.34. The van der Waals surface area contributed by atoms with E-state index in [1.165, 1.54) is 12.1 Å². The summed E-state index contributed by atoms with van der Waals surface area (Å²) in [6.07, 6.45) is 0. The van der Waals surface area contributed by atoms with Gasteiger partial charge in [0.15, 0.2) is 0 Å². The lowest BCUT2D eigenvalue weighted by Gasteiger charge is -2.12. The van der Waals surface area contributed by atoms with Gasteiger partial charge in [-0.2, -0.15) is 0 Å². The first-order valence-electron chi connectivity index (χ1n) is 6.51. The maximum absolute atomic E-state index is 13.6. The lowest BCUT2D eigenvalue weighted by molar-refractivity contribution is 0.0697. The second-order valence-corrected chi connectivity index (χ2v) is 5.00. The van der Waals surface area contributed by atoms with Gasteiger partial charge in [-0.1, -0.05) is 12.1 Å². The Balaban J connectivity index is 2.15. The normalized spacial score (nSPS) is 10.4. The van der Waals surface area contributed by atoms with Crippen molar-refractivity contribution in [3.63, 3.8) is 0 Å². The van der Waals surface area contributed by atoms with E-state index in [1.807, 2.05) is 0 Å². The molecule has 0 aliphatic carbocycles. The number of carbonyl (C=O) groups is 1. The molecule has 0 atom stereocenters. The van der Waals surface area contributed by atoms with Crippen LogP contribution in [0.15, 0.2) is 30.3 Å². The van der Waals surface area contributed by atoms with Gasteiger partial charge in [0.05, 0.1) is 16.9 Å². The van der Waals surface area contributed by atoms with Gasteiger partial charge in [0, 0.05) is 6.54 Å². The zero-order valence-electron chi connectivity index (χ0n) is 11.9. The van der Waals surface area contributed by atoms with E-state index in [4.69, 9.17) is 10.8 Å². The molecule has 0 amide bonds. The third-order valence-corrected chi connectivity index (χ3v) is 3.28. The molecule has 4 nitrogen and oxygen atoms in total. The van der Waals surface area contributed by atoms with Gasteiger partial charge in [-0.3, -0.25) is 0 Å². The van der Waals surface area contributed by atoms with Crippen molar-refractivity contribution >= 4 is 17.3 Å². The van der Waals surface area contributed by atoms with Crippen LogP contribution in [-0.2, 0) is 6.54 Å². The molecule has 0 unspecified atom stereocenters. The highest BCUT2D eigenvalue weighted by atomic mass is 19.1. The third kappa shape index (κ3) is 3.31. The molecule has 0 saturated carbocycles. The zero-order chi connectivity index (χ0) is 15.6. The Morgan fingerprint density at radius 2 is 1.86 bits per heavy atom. The van der Waals surface area contributed by atoms with Gasteiger partial charge in [0.25, 0.3) is 0 Å². The number of hydrogen-bond donors (Lipinski definition) is 3. The molecule has 4 N–H and O–H groups in total. The van der Waals surface area contributed by atoms with Crippen molar-refractivity contribution in [1.82, 2.24) is 0 Å². The minimum atomic E-state index is -1.02. The molecule has 0 spiro atoms. The van der Waals surface area contributed by atoms with Gasteiger partial charge in [-0.25, -0.2) is 9.18 Å². The SMILES string of the molecule is Cc1cc(CNc2ccc(C(=O)O)cc2N)cc(C)c1F. The summed E-state index contributed by atoms with van der Waals surface area (Å²) in [4.78, 5) is 10.8. The molecule has 0 fully saturated rings. The van der Waals surface area contributed by atoms with E-state index in [-0.39, 0.29) is 11.4 Å². The highest BCUT2D eigenvalue weighted by Crippen LogP contribution is 2.22. The molecule has 0 bridgehead atoms. The van der Waals surface area contributed by atoms with Crippen molar-refractivity contribution in [3.8, 4) is 0 Å². The number of rotatable bonds is 4. The van der Waals surface area contributed by atoms with Crippen molar-refractivity contribution < 1.29 is 14.3 Å². The Bertz CT molecular complexity index is 676. The molecule has 0 saturated heterocycles. The summed E-state index contributed by atoms with van der Waals surface area (Å²) < 4.78 is 13.6. The molecule has 2 rings (SSSR count). The Kier molecular flexibility index (Phi) is 4.12. The monoisotopic (exact) mass is 288 g/mol. The number of hydrogen-bond acceptors (Lipinski definition) is 3. The highest BCUT2D eigenvalue weighted by Gasteiger charge is 2.07. The van der Waals surface area contributed by atoms with Crippen molar-refractivity contribution in [1.29, 1.82) is 0 Å². The molecular formula is C16H17FN2O2. The van der Waals surface area contributed by atoms with E-state index in [2.05, 4.69) is 5.32 Å². The maximum atomic E-state index is 13.6. The van der Waals surface area contributed by atoms with E-state index in [1.54, 1.807) is 32.0 Å². The Hall–Kier alpha value is -2.56. The Morgan fingerprint density at radius 1 is 1.24 bits per heavy atom. The van der Waals surface area contributed by atoms with Crippen LogP contribution in [0.3, 0.4) is 0 Å². The first-order chi connectivity index (χ1) is 9.88. The molecule has 0 aromatic heterocycles. The molecule has 0 aliphatic heterocycles. The summed E-state index contributed by atoms with van der Waals surface area (Å²) in [5.74, 6) is -1.21. The lowest BCUT2D eigenvalue weighted by atomic mass is 10.1. The minimum Gasteiger partial charge on any atom is -0.478 e. The number of carboxylic acid groups (broad SMARTS) is 1. The number of nitrogen functional groups attached to an aromatic ring is 1. The number of halogens is 1. The van der Waals surface area contributed by atoms with Gasteiger partial charge >= 0.3 is 5.97 Å². The van der Waals surface area contributed by atoms with E-state index in [0.717, 1.165) is 5.56 Å². The van der Waals surface area contributed by atoms with E-state index >= 15 is 0 Å². The fraction of sp³-hybridized carbons (Fsp3) is 0.188. The molecule has 5 heteroatoms. The first-order valence-corrected chi connectivity index (χ1v) is 6.51. The summed E-state index contributed by atoms with van der Waals surface area (Å²) in [7, 11) is 0. The van der Waals surface area contributed by atoms with E-state index < -0.39 is 5.97 Å². The molecule has 0 radical (unpaired) electrons. The molecular weight excluding hydrogens is 271 g/mol. The van der Waals surface area contributed by atoms with Gasteiger partial charge in [-0.15, -0.1) is 0 Å². The van der Waals surface area contributed by atoms with Crippen molar-refractivity contribution in [2.45, 2.75) is 20.4 Å². The van der Waals surface area contributed by atoms with Crippen molar-refractivity contribution in [2.75, 3.05) is 11.1 Å². The fourth-order valence-electron chi connectivity index (χ4n) is 2.19. The second kappa shape index (κ2) is 5.83. The van der Waals surface area contributed by atoms with Crippen molar-refractivity contribution in [3.05, 3.63) is 58.4 Å². The summed E-state index contributed by atoms with van der Waals surface area (Å²) in [5.41, 5.74) is 9.12. The Morgan fingerprint density at radius 3 is 2.38 bits per heavy atom. The highest BCUT2D eigenvalue weighted by molar-refractivity contribution is 5.90. The molecule has 21 heavy (non-hydrogen) atoms. The van der Waals surface area contributed by atoms with Gasteiger partial charge < -0.3 is 16.2 Å². The number of aromatic carboxylic acids is 1. The lowest BCUT2D eigenvalue weighted by Crippen LogP contribution is -2.05. The average molecular weight is 288 g/mol. The first kappa shape index (κ1) is 14.8.